The number of amides is 1. The van der Waals surface area contributed by atoms with E-state index in [0.717, 1.165) is 11.1 Å². The number of hydrogen-bond donors (Lipinski definition) is 3. The molecule has 1 aromatic carbocycles. The number of rotatable bonds is 5. The molecule has 2 rings (SSSR count). The Morgan fingerprint density at radius 1 is 1.30 bits per heavy atom. The van der Waals surface area contributed by atoms with E-state index in [4.69, 9.17) is 5.11 Å². The number of aromatic nitrogens is 2. The standard InChI is InChI=1S/C16H17N3O4/c1-9(2)10-5-3-4-6-11(10)12-7-17-15(22)14(19-12)16(23)18-8-13(20)21/h3-7,9H,8H2,1-2H3,(H,17,22)(H,18,23)(H,20,21). The number of carbonyl (C=O) groups excluding carboxylic acids is 1. The molecule has 7 heteroatoms. The van der Waals surface area contributed by atoms with Crippen molar-refractivity contribution < 1.29 is 14.7 Å². The van der Waals surface area contributed by atoms with Gasteiger partial charge < -0.3 is 15.4 Å². The third kappa shape index (κ3) is 3.82. The van der Waals surface area contributed by atoms with Crippen molar-refractivity contribution in [2.45, 2.75) is 19.8 Å². The van der Waals surface area contributed by atoms with Gasteiger partial charge in [0.1, 0.15) is 6.54 Å². The number of H-pyrrole nitrogens is 1. The van der Waals surface area contributed by atoms with Crippen LogP contribution in [-0.4, -0.2) is 33.5 Å². The second-order valence-corrected chi connectivity index (χ2v) is 5.28. The highest BCUT2D eigenvalue weighted by molar-refractivity contribution is 5.94. The van der Waals surface area contributed by atoms with Crippen LogP contribution >= 0.6 is 0 Å². The first kappa shape index (κ1) is 16.4. The highest BCUT2D eigenvalue weighted by Crippen LogP contribution is 2.26. The quantitative estimate of drug-likeness (QED) is 0.771. The molecule has 0 bridgehead atoms. The Bertz CT molecular complexity index is 796. The van der Waals surface area contributed by atoms with Gasteiger partial charge in [-0.05, 0) is 11.5 Å². The molecule has 7 nitrogen and oxygen atoms in total. The van der Waals surface area contributed by atoms with Crippen molar-refractivity contribution in [3.05, 3.63) is 52.1 Å². The van der Waals surface area contributed by atoms with Crippen molar-refractivity contribution in [2.75, 3.05) is 6.54 Å². The molecule has 0 fully saturated rings. The van der Waals surface area contributed by atoms with Gasteiger partial charge in [-0.3, -0.25) is 14.4 Å². The van der Waals surface area contributed by atoms with Crippen molar-refractivity contribution >= 4 is 11.9 Å². The monoisotopic (exact) mass is 315 g/mol. The molecule has 1 heterocycles. The molecule has 0 unspecified atom stereocenters. The van der Waals surface area contributed by atoms with E-state index < -0.39 is 24.0 Å². The van der Waals surface area contributed by atoms with Gasteiger partial charge in [-0.15, -0.1) is 0 Å². The molecule has 0 atom stereocenters. The van der Waals surface area contributed by atoms with Crippen LogP contribution in [0.4, 0.5) is 0 Å². The van der Waals surface area contributed by atoms with E-state index in [2.05, 4.69) is 15.3 Å². The minimum absolute atomic E-state index is 0.240. The van der Waals surface area contributed by atoms with Crippen LogP contribution in [0.1, 0.15) is 35.8 Å². The SMILES string of the molecule is CC(C)c1ccccc1-c1c[nH]c(=O)c(C(=O)NCC(=O)O)n1. The minimum atomic E-state index is -1.20. The zero-order chi connectivity index (χ0) is 17.0. The van der Waals surface area contributed by atoms with Crippen molar-refractivity contribution in [2.24, 2.45) is 0 Å². The fraction of sp³-hybridized carbons (Fsp3) is 0.250. The molecule has 3 N–H and O–H groups in total. The van der Waals surface area contributed by atoms with E-state index in [0.29, 0.717) is 5.69 Å². The summed E-state index contributed by atoms with van der Waals surface area (Å²) in [6.07, 6.45) is 1.44. The Balaban J connectivity index is 2.44. The maximum absolute atomic E-state index is 11.9. The third-order valence-electron chi connectivity index (χ3n) is 3.26. The van der Waals surface area contributed by atoms with E-state index >= 15 is 0 Å². The van der Waals surface area contributed by atoms with E-state index in [1.54, 1.807) is 0 Å². The molecule has 0 aliphatic carbocycles. The molecule has 2 aromatic rings. The van der Waals surface area contributed by atoms with Crippen LogP contribution in [0, 0.1) is 0 Å². The first-order chi connectivity index (χ1) is 10.9. The molecular formula is C16H17N3O4. The maximum atomic E-state index is 11.9. The Morgan fingerprint density at radius 3 is 2.65 bits per heavy atom. The van der Waals surface area contributed by atoms with E-state index in [9.17, 15) is 14.4 Å². The number of benzene rings is 1. The van der Waals surface area contributed by atoms with Gasteiger partial charge in [-0.1, -0.05) is 38.1 Å². The van der Waals surface area contributed by atoms with Gasteiger partial charge in [0.15, 0.2) is 5.69 Å². The molecule has 1 amide bonds. The average Bonchev–Trinajstić information content (AvgIpc) is 2.53. The van der Waals surface area contributed by atoms with Gasteiger partial charge in [0, 0.05) is 11.8 Å². The van der Waals surface area contributed by atoms with Crippen LogP contribution in [0.2, 0.25) is 0 Å². The summed E-state index contributed by atoms with van der Waals surface area (Å²) in [5.41, 5.74) is 1.27. The summed E-state index contributed by atoms with van der Waals surface area (Å²) in [5, 5.41) is 10.7. The van der Waals surface area contributed by atoms with E-state index in [1.165, 1.54) is 6.20 Å². The largest absolute Gasteiger partial charge is 0.480 e. The lowest BCUT2D eigenvalue weighted by Crippen LogP contribution is -2.34. The lowest BCUT2D eigenvalue weighted by atomic mass is 9.95. The first-order valence-corrected chi connectivity index (χ1v) is 7.09. The average molecular weight is 315 g/mol. The molecule has 23 heavy (non-hydrogen) atoms. The molecule has 0 aliphatic heterocycles. The third-order valence-corrected chi connectivity index (χ3v) is 3.26. The number of aromatic amines is 1. The second-order valence-electron chi connectivity index (χ2n) is 5.28. The van der Waals surface area contributed by atoms with Crippen LogP contribution in [0.15, 0.2) is 35.3 Å². The van der Waals surface area contributed by atoms with Crippen LogP contribution in [-0.2, 0) is 4.79 Å². The first-order valence-electron chi connectivity index (χ1n) is 7.09. The van der Waals surface area contributed by atoms with Gasteiger partial charge in [0.2, 0.25) is 0 Å². The number of carbonyl (C=O) groups is 2. The summed E-state index contributed by atoms with van der Waals surface area (Å²) >= 11 is 0. The van der Waals surface area contributed by atoms with Crippen LogP contribution < -0.4 is 10.9 Å². The smallest absolute Gasteiger partial charge is 0.322 e. The number of carboxylic acid groups (broad SMARTS) is 1. The van der Waals surface area contributed by atoms with Crippen molar-refractivity contribution in [3.63, 3.8) is 0 Å². The van der Waals surface area contributed by atoms with Gasteiger partial charge in [0.05, 0.1) is 5.69 Å². The topological polar surface area (TPSA) is 112 Å². The molecule has 1 aromatic heterocycles. The maximum Gasteiger partial charge on any atom is 0.322 e. The number of aliphatic carboxylic acids is 1. The van der Waals surface area contributed by atoms with Crippen LogP contribution in [0.25, 0.3) is 11.3 Å². The normalized spacial score (nSPS) is 10.6. The number of hydrogen-bond acceptors (Lipinski definition) is 4. The fourth-order valence-corrected chi connectivity index (χ4v) is 2.17. The second kappa shape index (κ2) is 6.87. The van der Waals surface area contributed by atoms with E-state index in [-0.39, 0.29) is 11.6 Å². The Hall–Kier alpha value is -2.96. The van der Waals surface area contributed by atoms with Crippen molar-refractivity contribution in [1.29, 1.82) is 0 Å². The molecule has 120 valence electrons. The Kier molecular flexibility index (Phi) is 4.90. The van der Waals surface area contributed by atoms with Crippen molar-refractivity contribution in [3.8, 4) is 11.3 Å². The van der Waals surface area contributed by atoms with Crippen LogP contribution in [0.3, 0.4) is 0 Å². The summed E-state index contributed by atoms with van der Waals surface area (Å²) < 4.78 is 0. The Labute approximate surface area is 132 Å². The molecule has 0 saturated carbocycles. The highest BCUT2D eigenvalue weighted by Gasteiger charge is 2.16. The zero-order valence-electron chi connectivity index (χ0n) is 12.8. The highest BCUT2D eigenvalue weighted by atomic mass is 16.4. The van der Waals surface area contributed by atoms with Crippen molar-refractivity contribution in [1.82, 2.24) is 15.3 Å². The number of nitrogens with zero attached hydrogens (tertiary/aromatic N) is 1. The van der Waals surface area contributed by atoms with Gasteiger partial charge in [-0.2, -0.15) is 0 Å². The molecule has 0 aliphatic rings. The number of nitrogens with one attached hydrogen (secondary N) is 2. The summed E-state index contributed by atoms with van der Waals surface area (Å²) in [6.45, 7) is 3.49. The lowest BCUT2D eigenvalue weighted by Gasteiger charge is -2.12. The fourth-order valence-electron chi connectivity index (χ4n) is 2.17. The minimum Gasteiger partial charge on any atom is -0.480 e. The summed E-state index contributed by atoms with van der Waals surface area (Å²) in [4.78, 5) is 40.8. The molecule has 0 saturated heterocycles. The van der Waals surface area contributed by atoms with Crippen LogP contribution in [0.5, 0.6) is 0 Å². The van der Waals surface area contributed by atoms with E-state index in [1.807, 2.05) is 38.1 Å². The predicted molar refractivity (Wildman–Crippen MR) is 84.4 cm³/mol. The lowest BCUT2D eigenvalue weighted by molar-refractivity contribution is -0.135. The van der Waals surface area contributed by atoms with Gasteiger partial charge >= 0.3 is 5.97 Å². The summed E-state index contributed by atoms with van der Waals surface area (Å²) in [7, 11) is 0. The zero-order valence-corrected chi connectivity index (χ0v) is 12.8. The van der Waals surface area contributed by atoms with Gasteiger partial charge in [-0.25, -0.2) is 4.98 Å². The molecule has 0 spiro atoms. The summed E-state index contributed by atoms with van der Waals surface area (Å²) in [5.74, 6) is -1.78. The molecule has 0 radical (unpaired) electrons. The molecular weight excluding hydrogens is 298 g/mol. The predicted octanol–water partition coefficient (Wildman–Crippen LogP) is 1.37. The number of carboxylic acids is 1. The Morgan fingerprint density at radius 2 is 2.00 bits per heavy atom. The summed E-state index contributed by atoms with van der Waals surface area (Å²) in [6, 6.07) is 7.56. The van der Waals surface area contributed by atoms with Gasteiger partial charge in [0.25, 0.3) is 11.5 Å².